The monoisotopic (exact) mass is 172 g/mol. The zero-order valence-electron chi connectivity index (χ0n) is 8.59. The molecule has 0 aliphatic carbocycles. The van der Waals surface area contributed by atoms with Crippen LogP contribution < -0.4 is 0 Å². The van der Waals surface area contributed by atoms with Crippen molar-refractivity contribution >= 4 is 0 Å². The largest absolute Gasteiger partial charge is 0.499 e. The van der Waals surface area contributed by atoms with E-state index in [0.717, 1.165) is 6.61 Å². The van der Waals surface area contributed by atoms with E-state index in [1.807, 2.05) is 13.0 Å². The van der Waals surface area contributed by atoms with Gasteiger partial charge >= 0.3 is 0 Å². The van der Waals surface area contributed by atoms with Gasteiger partial charge in [0.25, 0.3) is 0 Å². The Morgan fingerprint density at radius 3 is 2.33 bits per heavy atom. The summed E-state index contributed by atoms with van der Waals surface area (Å²) in [5.41, 5.74) is 0.251. The minimum atomic E-state index is 0.251. The van der Waals surface area contributed by atoms with Crippen molar-refractivity contribution in [2.75, 3.05) is 19.8 Å². The molecule has 12 heavy (non-hydrogen) atoms. The van der Waals surface area contributed by atoms with Crippen LogP contribution in [0.15, 0.2) is 12.3 Å². The van der Waals surface area contributed by atoms with E-state index < -0.39 is 0 Å². The second-order valence-corrected chi connectivity index (χ2v) is 3.95. The van der Waals surface area contributed by atoms with Gasteiger partial charge in [-0.3, -0.25) is 0 Å². The van der Waals surface area contributed by atoms with Crippen LogP contribution in [0.1, 0.15) is 27.7 Å². The molecule has 0 radical (unpaired) electrons. The molecule has 0 unspecified atom stereocenters. The van der Waals surface area contributed by atoms with Gasteiger partial charge in [-0.15, -0.1) is 0 Å². The summed E-state index contributed by atoms with van der Waals surface area (Å²) in [5, 5.41) is 0. The predicted octanol–water partition coefficient (Wildman–Crippen LogP) is 2.60. The molecule has 0 aromatic rings. The van der Waals surface area contributed by atoms with Crippen molar-refractivity contribution in [3.63, 3.8) is 0 Å². The minimum absolute atomic E-state index is 0.251. The Labute approximate surface area is 75.6 Å². The highest BCUT2D eigenvalue weighted by molar-refractivity contribution is 4.65. The number of hydrogen-bond donors (Lipinski definition) is 0. The molecule has 0 aliphatic heterocycles. The van der Waals surface area contributed by atoms with Crippen molar-refractivity contribution in [1.82, 2.24) is 0 Å². The van der Waals surface area contributed by atoms with Gasteiger partial charge < -0.3 is 9.47 Å². The normalized spacial score (nSPS) is 12.3. The topological polar surface area (TPSA) is 18.5 Å². The van der Waals surface area contributed by atoms with Crippen molar-refractivity contribution in [3.8, 4) is 0 Å². The summed E-state index contributed by atoms with van der Waals surface area (Å²) >= 11 is 0. The van der Waals surface area contributed by atoms with Gasteiger partial charge in [-0.2, -0.15) is 0 Å². The first-order chi connectivity index (χ1) is 5.56. The van der Waals surface area contributed by atoms with Gasteiger partial charge in [0.2, 0.25) is 0 Å². The lowest BCUT2D eigenvalue weighted by atomic mass is 9.99. The van der Waals surface area contributed by atoms with Crippen LogP contribution >= 0.6 is 0 Å². The molecule has 72 valence electrons. The second-order valence-electron chi connectivity index (χ2n) is 3.95. The van der Waals surface area contributed by atoms with Crippen molar-refractivity contribution in [3.05, 3.63) is 12.3 Å². The zero-order chi connectivity index (χ0) is 9.45. The van der Waals surface area contributed by atoms with E-state index >= 15 is 0 Å². The summed E-state index contributed by atoms with van der Waals surface area (Å²) in [7, 11) is 0. The summed E-state index contributed by atoms with van der Waals surface area (Å²) < 4.78 is 10.5. The lowest BCUT2D eigenvalue weighted by Gasteiger charge is -2.17. The Morgan fingerprint density at radius 2 is 1.83 bits per heavy atom. The van der Waals surface area contributed by atoms with Crippen molar-refractivity contribution < 1.29 is 9.47 Å². The zero-order valence-corrected chi connectivity index (χ0v) is 8.59. The first-order valence-electron chi connectivity index (χ1n) is 4.37. The molecule has 0 saturated heterocycles. The third-order valence-electron chi connectivity index (χ3n) is 1.11. The average molecular weight is 172 g/mol. The first-order valence-corrected chi connectivity index (χ1v) is 4.37. The average Bonchev–Trinajstić information content (AvgIpc) is 1.94. The highest BCUT2D eigenvalue weighted by Crippen LogP contribution is 2.12. The molecule has 0 aromatic carbocycles. The standard InChI is InChI=1S/C10H20O2/c1-5-6-11-7-8-12-9-10(2,3)4/h5-6H,7-9H2,1-4H3. The molecule has 0 N–H and O–H groups in total. The van der Waals surface area contributed by atoms with Gasteiger partial charge in [0.15, 0.2) is 0 Å². The number of hydrogen-bond acceptors (Lipinski definition) is 2. The molecule has 0 spiro atoms. The molecule has 0 saturated carbocycles. The number of ether oxygens (including phenoxy) is 2. The van der Waals surface area contributed by atoms with E-state index in [1.165, 1.54) is 0 Å². The smallest absolute Gasteiger partial charge is 0.111 e. The third-order valence-corrected chi connectivity index (χ3v) is 1.11. The van der Waals surface area contributed by atoms with Gasteiger partial charge in [0.05, 0.1) is 19.5 Å². The van der Waals surface area contributed by atoms with E-state index in [2.05, 4.69) is 20.8 Å². The molecule has 0 amide bonds. The second kappa shape index (κ2) is 6.06. The molecule has 0 bridgehead atoms. The van der Waals surface area contributed by atoms with E-state index in [-0.39, 0.29) is 5.41 Å². The van der Waals surface area contributed by atoms with Crippen molar-refractivity contribution in [2.24, 2.45) is 5.41 Å². The van der Waals surface area contributed by atoms with E-state index in [1.54, 1.807) is 6.26 Å². The van der Waals surface area contributed by atoms with Crippen LogP contribution in [0.4, 0.5) is 0 Å². The summed E-state index contributed by atoms with van der Waals surface area (Å²) in [6.45, 7) is 10.5. The van der Waals surface area contributed by atoms with Gasteiger partial charge in [0.1, 0.15) is 6.61 Å². The van der Waals surface area contributed by atoms with Crippen LogP contribution in [-0.4, -0.2) is 19.8 Å². The van der Waals surface area contributed by atoms with Gasteiger partial charge in [0, 0.05) is 0 Å². The van der Waals surface area contributed by atoms with Crippen LogP contribution in [0.25, 0.3) is 0 Å². The maximum absolute atomic E-state index is 5.39. The fourth-order valence-corrected chi connectivity index (χ4v) is 0.650. The van der Waals surface area contributed by atoms with Crippen LogP contribution in [0.3, 0.4) is 0 Å². The SMILES string of the molecule is CC=COCCOCC(C)(C)C. The van der Waals surface area contributed by atoms with Crippen LogP contribution in [0.2, 0.25) is 0 Å². The van der Waals surface area contributed by atoms with Crippen molar-refractivity contribution in [1.29, 1.82) is 0 Å². The lowest BCUT2D eigenvalue weighted by molar-refractivity contribution is 0.0422. The van der Waals surface area contributed by atoms with E-state index in [4.69, 9.17) is 9.47 Å². The summed E-state index contributed by atoms with van der Waals surface area (Å²) in [6.07, 6.45) is 3.55. The molecular weight excluding hydrogens is 152 g/mol. The van der Waals surface area contributed by atoms with Crippen LogP contribution in [0.5, 0.6) is 0 Å². The van der Waals surface area contributed by atoms with E-state index in [0.29, 0.717) is 13.2 Å². The highest BCUT2D eigenvalue weighted by Gasteiger charge is 2.09. The Hall–Kier alpha value is -0.500. The Balaban J connectivity index is 3.11. The van der Waals surface area contributed by atoms with Gasteiger partial charge in [-0.25, -0.2) is 0 Å². The van der Waals surface area contributed by atoms with Crippen molar-refractivity contribution in [2.45, 2.75) is 27.7 Å². The summed E-state index contributed by atoms with van der Waals surface area (Å²) in [6, 6.07) is 0. The quantitative estimate of drug-likeness (QED) is 0.469. The minimum Gasteiger partial charge on any atom is -0.499 e. The highest BCUT2D eigenvalue weighted by atomic mass is 16.5. The van der Waals surface area contributed by atoms with Crippen LogP contribution in [-0.2, 0) is 9.47 Å². The molecule has 0 rings (SSSR count). The first kappa shape index (κ1) is 11.5. The molecule has 0 fully saturated rings. The summed E-state index contributed by atoms with van der Waals surface area (Å²) in [4.78, 5) is 0. The fourth-order valence-electron chi connectivity index (χ4n) is 0.650. The molecule has 0 heterocycles. The molecule has 0 aliphatic rings. The fraction of sp³-hybridized carbons (Fsp3) is 0.800. The Morgan fingerprint density at radius 1 is 1.17 bits per heavy atom. The maximum Gasteiger partial charge on any atom is 0.111 e. The van der Waals surface area contributed by atoms with Crippen LogP contribution in [0, 0.1) is 5.41 Å². The van der Waals surface area contributed by atoms with Gasteiger partial charge in [-0.05, 0) is 12.3 Å². The number of allylic oxidation sites excluding steroid dienone is 1. The molecular formula is C10H20O2. The molecule has 0 atom stereocenters. The Bertz CT molecular complexity index is 122. The predicted molar refractivity (Wildman–Crippen MR) is 51.0 cm³/mol. The van der Waals surface area contributed by atoms with Gasteiger partial charge in [-0.1, -0.05) is 26.8 Å². The summed E-state index contributed by atoms with van der Waals surface area (Å²) in [5.74, 6) is 0. The lowest BCUT2D eigenvalue weighted by Crippen LogP contribution is -2.16. The van der Waals surface area contributed by atoms with E-state index in [9.17, 15) is 0 Å². The number of rotatable bonds is 5. The Kier molecular flexibility index (Phi) is 5.81. The maximum atomic E-state index is 5.39. The molecule has 2 nitrogen and oxygen atoms in total. The molecule has 0 aromatic heterocycles. The third kappa shape index (κ3) is 9.50. The molecule has 2 heteroatoms.